The zero-order valence-corrected chi connectivity index (χ0v) is 9.76. The molecule has 0 heterocycles. The molecule has 2 atom stereocenters. The van der Waals surface area contributed by atoms with E-state index in [0.29, 0.717) is 0 Å². The van der Waals surface area contributed by atoms with Crippen LogP contribution in [0.15, 0.2) is 0 Å². The molecule has 0 aromatic carbocycles. The molecule has 1 heteroatoms. The molecule has 14 heavy (non-hydrogen) atoms. The summed E-state index contributed by atoms with van der Waals surface area (Å²) in [4.78, 5) is 0. The van der Waals surface area contributed by atoms with Crippen LogP contribution in [0.4, 0.5) is 0 Å². The molecule has 2 aliphatic rings. The summed E-state index contributed by atoms with van der Waals surface area (Å²) < 4.78 is 0. The number of nitrogens with one attached hydrogen (secondary N) is 1. The summed E-state index contributed by atoms with van der Waals surface area (Å²) in [6.45, 7) is 4.72. The van der Waals surface area contributed by atoms with Crippen LogP contribution in [0.1, 0.15) is 58.8 Å². The van der Waals surface area contributed by atoms with Crippen molar-refractivity contribution in [3.63, 3.8) is 0 Å². The first-order valence-electron chi connectivity index (χ1n) is 6.50. The van der Waals surface area contributed by atoms with Gasteiger partial charge in [0.05, 0.1) is 0 Å². The lowest BCUT2D eigenvalue weighted by Gasteiger charge is -2.30. The van der Waals surface area contributed by atoms with Crippen molar-refractivity contribution in [3.8, 4) is 0 Å². The maximum atomic E-state index is 3.75. The summed E-state index contributed by atoms with van der Waals surface area (Å²) in [5.41, 5.74) is 0. The first-order chi connectivity index (χ1) is 6.74. The van der Waals surface area contributed by atoms with E-state index in [0.717, 1.165) is 23.9 Å². The molecule has 2 unspecified atom stereocenters. The van der Waals surface area contributed by atoms with Crippen molar-refractivity contribution in [1.29, 1.82) is 0 Å². The zero-order chi connectivity index (χ0) is 9.97. The summed E-state index contributed by atoms with van der Waals surface area (Å²) in [6, 6.07) is 1.49. The first kappa shape index (κ1) is 10.5. The summed E-state index contributed by atoms with van der Waals surface area (Å²) in [5, 5.41) is 3.75. The molecule has 0 aliphatic heterocycles. The molecule has 82 valence electrons. The summed E-state index contributed by atoms with van der Waals surface area (Å²) in [7, 11) is 0. The highest BCUT2D eigenvalue weighted by atomic mass is 14.9. The van der Waals surface area contributed by atoms with Gasteiger partial charge in [-0.15, -0.1) is 0 Å². The molecule has 1 N–H and O–H groups in total. The molecule has 2 aliphatic carbocycles. The van der Waals surface area contributed by atoms with Crippen LogP contribution >= 0.6 is 0 Å². The highest BCUT2D eigenvalue weighted by molar-refractivity contribution is 4.81. The summed E-state index contributed by atoms with van der Waals surface area (Å²) >= 11 is 0. The van der Waals surface area contributed by atoms with Crippen LogP contribution in [0.25, 0.3) is 0 Å². The molecular weight excluding hydrogens is 170 g/mol. The predicted molar refractivity (Wildman–Crippen MR) is 61.4 cm³/mol. The average molecular weight is 195 g/mol. The number of rotatable bonds is 6. The van der Waals surface area contributed by atoms with Gasteiger partial charge in [-0.2, -0.15) is 0 Å². The van der Waals surface area contributed by atoms with E-state index in [4.69, 9.17) is 0 Å². The lowest BCUT2D eigenvalue weighted by Crippen LogP contribution is -2.37. The molecule has 0 bridgehead atoms. The van der Waals surface area contributed by atoms with Crippen LogP contribution in [0, 0.1) is 11.8 Å². The van der Waals surface area contributed by atoms with Gasteiger partial charge in [0.1, 0.15) is 0 Å². The van der Waals surface area contributed by atoms with Crippen LogP contribution in [0.5, 0.6) is 0 Å². The monoisotopic (exact) mass is 195 g/mol. The Balaban J connectivity index is 1.57. The Morgan fingerprint density at radius 3 is 1.79 bits per heavy atom. The Hall–Kier alpha value is -0.0400. The topological polar surface area (TPSA) is 12.0 Å². The van der Waals surface area contributed by atoms with Gasteiger partial charge in [-0.25, -0.2) is 0 Å². The lowest BCUT2D eigenvalue weighted by molar-refractivity contribution is 0.256. The second kappa shape index (κ2) is 4.65. The molecule has 0 saturated heterocycles. The number of hydrogen-bond acceptors (Lipinski definition) is 1. The average Bonchev–Trinajstić information content (AvgIpc) is 2.80. The molecule has 1 nitrogen and oxygen atoms in total. The summed E-state index contributed by atoms with van der Waals surface area (Å²) in [5.74, 6) is 2.11. The third-order valence-electron chi connectivity index (χ3n) is 3.86. The Bertz CT molecular complexity index is 170. The fourth-order valence-electron chi connectivity index (χ4n) is 2.70. The van der Waals surface area contributed by atoms with Crippen molar-refractivity contribution in [2.24, 2.45) is 11.8 Å². The Kier molecular flexibility index (Phi) is 3.48. The van der Waals surface area contributed by atoms with Crippen LogP contribution in [-0.2, 0) is 0 Å². The van der Waals surface area contributed by atoms with E-state index in [1.165, 1.54) is 44.9 Å². The van der Waals surface area contributed by atoms with Gasteiger partial charge in [-0.3, -0.25) is 0 Å². The van der Waals surface area contributed by atoms with Crippen molar-refractivity contribution in [1.82, 2.24) is 5.32 Å². The van der Waals surface area contributed by atoms with Gasteiger partial charge in [0.15, 0.2) is 0 Å². The minimum Gasteiger partial charge on any atom is -0.312 e. The fourth-order valence-corrected chi connectivity index (χ4v) is 2.70. The molecule has 0 spiro atoms. The second-order valence-electron chi connectivity index (χ2n) is 5.68. The van der Waals surface area contributed by atoms with E-state index in [2.05, 4.69) is 19.2 Å². The molecule has 0 radical (unpaired) electrons. The fraction of sp³-hybridized carbons (Fsp3) is 1.00. The lowest BCUT2D eigenvalue weighted by atomic mass is 9.81. The van der Waals surface area contributed by atoms with Crippen LogP contribution in [0.3, 0.4) is 0 Å². The van der Waals surface area contributed by atoms with Crippen LogP contribution in [0.2, 0.25) is 0 Å². The molecule has 0 aromatic heterocycles. The predicted octanol–water partition coefficient (Wildman–Crippen LogP) is 3.34. The largest absolute Gasteiger partial charge is 0.312 e. The zero-order valence-electron chi connectivity index (χ0n) is 9.76. The van der Waals surface area contributed by atoms with Gasteiger partial charge < -0.3 is 5.32 Å². The van der Waals surface area contributed by atoms with E-state index >= 15 is 0 Å². The molecule has 0 aromatic rings. The smallest absolute Gasteiger partial charge is 0.00438 e. The SMILES string of the molecule is CC(CC1CCC1)NC(C)CC1CC1. The highest BCUT2D eigenvalue weighted by Crippen LogP contribution is 2.34. The van der Waals surface area contributed by atoms with Gasteiger partial charge in [-0.05, 0) is 38.5 Å². The maximum Gasteiger partial charge on any atom is 0.00438 e. The second-order valence-corrected chi connectivity index (χ2v) is 5.68. The highest BCUT2D eigenvalue weighted by Gasteiger charge is 2.25. The quantitative estimate of drug-likeness (QED) is 0.685. The van der Waals surface area contributed by atoms with Gasteiger partial charge in [0.2, 0.25) is 0 Å². The van der Waals surface area contributed by atoms with Crippen LogP contribution < -0.4 is 5.32 Å². The van der Waals surface area contributed by atoms with Crippen molar-refractivity contribution < 1.29 is 0 Å². The van der Waals surface area contributed by atoms with Crippen LogP contribution in [-0.4, -0.2) is 12.1 Å². The Morgan fingerprint density at radius 2 is 1.43 bits per heavy atom. The molecule has 2 fully saturated rings. The standard InChI is InChI=1S/C13H25N/c1-10(8-12-4-3-5-12)14-11(2)9-13-6-7-13/h10-14H,3-9H2,1-2H3. The Labute approximate surface area is 88.7 Å². The molecule has 2 rings (SSSR count). The van der Waals surface area contributed by atoms with Crippen molar-refractivity contribution >= 4 is 0 Å². The maximum absolute atomic E-state index is 3.75. The van der Waals surface area contributed by atoms with Crippen molar-refractivity contribution in [3.05, 3.63) is 0 Å². The third kappa shape index (κ3) is 3.27. The minimum absolute atomic E-state index is 0.744. The van der Waals surface area contributed by atoms with E-state index in [9.17, 15) is 0 Å². The molecular formula is C13H25N. The van der Waals surface area contributed by atoms with Crippen molar-refractivity contribution in [2.45, 2.75) is 70.9 Å². The Morgan fingerprint density at radius 1 is 0.929 bits per heavy atom. The third-order valence-corrected chi connectivity index (χ3v) is 3.86. The van der Waals surface area contributed by atoms with Gasteiger partial charge in [0.25, 0.3) is 0 Å². The van der Waals surface area contributed by atoms with E-state index < -0.39 is 0 Å². The molecule has 0 amide bonds. The van der Waals surface area contributed by atoms with Crippen molar-refractivity contribution in [2.75, 3.05) is 0 Å². The van der Waals surface area contributed by atoms with E-state index in [1.54, 1.807) is 0 Å². The molecule has 2 saturated carbocycles. The van der Waals surface area contributed by atoms with Gasteiger partial charge in [0, 0.05) is 12.1 Å². The van der Waals surface area contributed by atoms with E-state index in [-0.39, 0.29) is 0 Å². The van der Waals surface area contributed by atoms with E-state index in [1.807, 2.05) is 0 Å². The normalized spacial score (nSPS) is 27.0. The summed E-state index contributed by atoms with van der Waals surface area (Å²) in [6.07, 6.45) is 10.3. The van der Waals surface area contributed by atoms with Gasteiger partial charge >= 0.3 is 0 Å². The number of hydrogen-bond donors (Lipinski definition) is 1. The first-order valence-corrected chi connectivity index (χ1v) is 6.50. The minimum atomic E-state index is 0.744. The van der Waals surface area contributed by atoms with Gasteiger partial charge in [-0.1, -0.05) is 32.1 Å².